The third-order valence-corrected chi connectivity index (χ3v) is 7.08. The molecule has 0 aliphatic carbocycles. The molecule has 1 saturated heterocycles. The molecule has 1 fully saturated rings. The average Bonchev–Trinajstić information content (AvgIpc) is 3.51. The Morgan fingerprint density at radius 3 is 2.70 bits per heavy atom. The lowest BCUT2D eigenvalue weighted by molar-refractivity contribution is -0.119. The molecule has 2 aromatic carbocycles. The summed E-state index contributed by atoms with van der Waals surface area (Å²) >= 11 is 15.8. The molecule has 5 rings (SSSR count). The lowest BCUT2D eigenvalue weighted by Crippen LogP contribution is -2.29. The molecule has 1 aliphatic heterocycles. The summed E-state index contributed by atoms with van der Waals surface area (Å²) in [6.45, 7) is -0.0643. The Hall–Kier alpha value is -3.24. The second kappa shape index (κ2) is 11.0. The van der Waals surface area contributed by atoms with Crippen molar-refractivity contribution in [2.75, 3.05) is 23.9 Å². The average molecular weight is 598 g/mol. The van der Waals surface area contributed by atoms with Crippen molar-refractivity contribution >= 4 is 62.1 Å². The van der Waals surface area contributed by atoms with Crippen molar-refractivity contribution in [3.63, 3.8) is 0 Å². The molecule has 2 aromatic heterocycles. The Labute approximate surface area is 232 Å². The van der Waals surface area contributed by atoms with E-state index in [9.17, 15) is 4.79 Å². The van der Waals surface area contributed by atoms with Gasteiger partial charge in [-0.1, -0.05) is 45.7 Å². The van der Waals surface area contributed by atoms with Crippen molar-refractivity contribution in [2.45, 2.75) is 12.1 Å². The maximum Gasteiger partial charge on any atom is 0.250 e. The zero-order valence-corrected chi connectivity index (χ0v) is 22.8. The molecule has 3 heterocycles. The molecule has 2 atom stereocenters. The molecule has 10 heteroatoms. The number of ether oxygens (including phenoxy) is 1. The summed E-state index contributed by atoms with van der Waals surface area (Å²) in [4.78, 5) is 18.5. The van der Waals surface area contributed by atoms with E-state index in [1.807, 2.05) is 65.6 Å². The first-order chi connectivity index (χ1) is 17.9. The number of methoxy groups -OCH3 is 1. The maximum atomic E-state index is 12.0. The van der Waals surface area contributed by atoms with Crippen LogP contribution >= 0.6 is 39.7 Å². The van der Waals surface area contributed by atoms with Crippen molar-refractivity contribution in [1.82, 2.24) is 10.3 Å². The van der Waals surface area contributed by atoms with E-state index in [1.165, 1.54) is 7.11 Å². The summed E-state index contributed by atoms with van der Waals surface area (Å²) in [5.74, 6) is 1.17. The number of carbonyl (C=O) groups excluding carboxylic acids is 1. The molecule has 0 unspecified atom stereocenters. The molecular formula is C27H22BrClN4O3S. The molecule has 1 amide bonds. The first-order valence-corrected chi connectivity index (χ1v) is 13.0. The van der Waals surface area contributed by atoms with E-state index in [-0.39, 0.29) is 24.6 Å². The van der Waals surface area contributed by atoms with Crippen LogP contribution < -0.4 is 15.5 Å². The first kappa shape index (κ1) is 25.4. The van der Waals surface area contributed by atoms with Crippen molar-refractivity contribution < 1.29 is 13.9 Å². The summed E-state index contributed by atoms with van der Waals surface area (Å²) in [7, 11) is 1.46. The van der Waals surface area contributed by atoms with Gasteiger partial charge in [-0.25, -0.2) is 0 Å². The van der Waals surface area contributed by atoms with E-state index in [1.54, 1.807) is 18.3 Å². The van der Waals surface area contributed by atoms with E-state index >= 15 is 0 Å². The highest BCUT2D eigenvalue weighted by Gasteiger charge is 2.42. The van der Waals surface area contributed by atoms with Crippen LogP contribution in [0.2, 0.25) is 5.02 Å². The van der Waals surface area contributed by atoms with Gasteiger partial charge < -0.3 is 24.7 Å². The number of carbonyl (C=O) groups is 1. The van der Waals surface area contributed by atoms with Gasteiger partial charge >= 0.3 is 0 Å². The second-order valence-electron chi connectivity index (χ2n) is 8.35. The topological polar surface area (TPSA) is 79.6 Å². The number of thiocarbonyl (C=S) groups is 1. The SMILES string of the molecule is COCC(=O)Nc1ccc(N2C(=S)N[C@H](c3ccccn3)[C@@H]2c2ccc(-c3ccc(Br)cc3)o2)cc1Cl. The summed E-state index contributed by atoms with van der Waals surface area (Å²) in [5, 5.41) is 7.04. The summed E-state index contributed by atoms with van der Waals surface area (Å²) in [5.41, 5.74) is 3.02. The molecule has 37 heavy (non-hydrogen) atoms. The third kappa shape index (κ3) is 5.40. The predicted molar refractivity (Wildman–Crippen MR) is 152 cm³/mol. The highest BCUT2D eigenvalue weighted by molar-refractivity contribution is 9.10. The molecule has 0 spiro atoms. The Morgan fingerprint density at radius 2 is 2.00 bits per heavy atom. The van der Waals surface area contributed by atoms with Crippen LogP contribution in [0.25, 0.3) is 11.3 Å². The van der Waals surface area contributed by atoms with Crippen LogP contribution in [0.15, 0.2) is 87.9 Å². The zero-order valence-electron chi connectivity index (χ0n) is 19.7. The van der Waals surface area contributed by atoms with Crippen molar-refractivity contribution in [1.29, 1.82) is 0 Å². The number of halogens is 2. The molecule has 7 nitrogen and oxygen atoms in total. The number of benzene rings is 2. The predicted octanol–water partition coefficient (Wildman–Crippen LogP) is 6.52. The standard InChI is InChI=1S/C27H22BrClN4O3S/c1-35-15-24(34)31-20-10-9-18(14-19(20)29)33-26(25(32-27(33)37)21-4-2-3-13-30-21)23-12-11-22(36-23)16-5-7-17(28)8-6-16/h2-14,25-26H,15H2,1H3,(H,31,34)(H,32,37)/t25-,26+/m1/s1. The van der Waals surface area contributed by atoms with Gasteiger partial charge in [-0.15, -0.1) is 0 Å². The monoisotopic (exact) mass is 596 g/mol. The smallest absolute Gasteiger partial charge is 0.250 e. The number of furan rings is 1. The molecule has 0 bridgehead atoms. The molecular weight excluding hydrogens is 576 g/mol. The fraction of sp³-hybridized carbons (Fsp3) is 0.148. The van der Waals surface area contributed by atoms with Crippen LogP contribution in [0.4, 0.5) is 11.4 Å². The van der Waals surface area contributed by atoms with Gasteiger partial charge in [0.05, 0.1) is 22.4 Å². The second-order valence-corrected chi connectivity index (χ2v) is 10.1. The van der Waals surface area contributed by atoms with Crippen LogP contribution in [-0.2, 0) is 9.53 Å². The number of aromatic nitrogens is 1. The number of nitrogens with one attached hydrogen (secondary N) is 2. The molecule has 1 aliphatic rings. The maximum absolute atomic E-state index is 12.0. The Bertz CT molecular complexity index is 1430. The molecule has 4 aromatic rings. The van der Waals surface area contributed by atoms with Crippen LogP contribution in [0.3, 0.4) is 0 Å². The summed E-state index contributed by atoms with van der Waals surface area (Å²) in [6, 6.07) is 22.4. The fourth-order valence-electron chi connectivity index (χ4n) is 4.28. The van der Waals surface area contributed by atoms with Gasteiger partial charge in [0.25, 0.3) is 0 Å². The number of pyridine rings is 1. The van der Waals surface area contributed by atoms with E-state index in [4.69, 9.17) is 33.0 Å². The summed E-state index contributed by atoms with van der Waals surface area (Å²) in [6.07, 6.45) is 1.75. The van der Waals surface area contributed by atoms with Crippen LogP contribution in [0.5, 0.6) is 0 Å². The minimum atomic E-state index is -0.336. The lowest BCUT2D eigenvalue weighted by atomic mass is 10.0. The molecule has 0 saturated carbocycles. The Balaban J connectivity index is 1.53. The van der Waals surface area contributed by atoms with Crippen LogP contribution in [0.1, 0.15) is 23.5 Å². The fourth-order valence-corrected chi connectivity index (χ4v) is 5.11. The van der Waals surface area contributed by atoms with E-state index < -0.39 is 0 Å². The van der Waals surface area contributed by atoms with Gasteiger partial charge in [0, 0.05) is 29.0 Å². The van der Waals surface area contributed by atoms with Gasteiger partial charge in [-0.3, -0.25) is 9.78 Å². The van der Waals surface area contributed by atoms with Crippen LogP contribution in [-0.4, -0.2) is 29.7 Å². The summed E-state index contributed by atoms with van der Waals surface area (Å²) < 4.78 is 12.3. The minimum Gasteiger partial charge on any atom is -0.459 e. The number of rotatable bonds is 7. The highest BCUT2D eigenvalue weighted by Crippen LogP contribution is 2.44. The van der Waals surface area contributed by atoms with Crippen LogP contribution in [0, 0.1) is 0 Å². The number of amides is 1. The van der Waals surface area contributed by atoms with E-state index in [2.05, 4.69) is 31.5 Å². The number of hydrogen-bond donors (Lipinski definition) is 2. The Kier molecular flexibility index (Phi) is 7.57. The van der Waals surface area contributed by atoms with Crippen molar-refractivity contribution in [3.05, 3.63) is 99.9 Å². The highest BCUT2D eigenvalue weighted by atomic mass is 79.9. The van der Waals surface area contributed by atoms with Crippen molar-refractivity contribution in [2.24, 2.45) is 0 Å². The molecule has 2 N–H and O–H groups in total. The van der Waals surface area contributed by atoms with E-state index in [0.717, 1.165) is 32.9 Å². The minimum absolute atomic E-state index is 0.0643. The number of anilines is 2. The van der Waals surface area contributed by atoms with Gasteiger partial charge in [0.1, 0.15) is 24.2 Å². The molecule has 0 radical (unpaired) electrons. The number of hydrogen-bond acceptors (Lipinski definition) is 5. The third-order valence-electron chi connectivity index (χ3n) is 5.93. The number of nitrogens with zero attached hydrogens (tertiary/aromatic N) is 2. The first-order valence-electron chi connectivity index (χ1n) is 11.4. The van der Waals surface area contributed by atoms with Gasteiger partial charge in [-0.2, -0.15) is 0 Å². The largest absolute Gasteiger partial charge is 0.459 e. The quantitative estimate of drug-likeness (QED) is 0.235. The molecule has 188 valence electrons. The zero-order chi connectivity index (χ0) is 25.9. The normalized spacial score (nSPS) is 17.1. The van der Waals surface area contributed by atoms with Gasteiger partial charge in [0.2, 0.25) is 5.91 Å². The van der Waals surface area contributed by atoms with E-state index in [0.29, 0.717) is 15.8 Å². The van der Waals surface area contributed by atoms with Gasteiger partial charge in [0.15, 0.2) is 5.11 Å². The lowest BCUT2D eigenvalue weighted by Gasteiger charge is -2.26. The Morgan fingerprint density at radius 1 is 1.19 bits per heavy atom. The van der Waals surface area contributed by atoms with Crippen molar-refractivity contribution in [3.8, 4) is 11.3 Å². The van der Waals surface area contributed by atoms with Gasteiger partial charge in [-0.05, 0) is 66.8 Å².